The lowest BCUT2D eigenvalue weighted by Crippen LogP contribution is -2.48. The molecule has 1 heterocycles. The van der Waals surface area contributed by atoms with Gasteiger partial charge in [-0.05, 0) is 32.9 Å². The summed E-state index contributed by atoms with van der Waals surface area (Å²) in [5, 5.41) is -0.401. The summed E-state index contributed by atoms with van der Waals surface area (Å²) in [7, 11) is 1.35. The molecule has 21 heavy (non-hydrogen) atoms. The number of ether oxygens (including phenoxy) is 2. The van der Waals surface area contributed by atoms with Crippen LogP contribution in [0.1, 0.15) is 20.8 Å². The quantitative estimate of drug-likeness (QED) is 0.802. The van der Waals surface area contributed by atoms with Crippen LogP contribution in [-0.4, -0.2) is 31.2 Å². The molecule has 0 saturated carbocycles. The molecule has 0 saturated heterocycles. The highest BCUT2D eigenvalue weighted by atomic mass is 32.2. The highest BCUT2D eigenvalue weighted by Gasteiger charge is 2.49. The molecule has 1 aliphatic heterocycles. The van der Waals surface area contributed by atoms with Gasteiger partial charge in [0.05, 0.1) is 24.8 Å². The van der Waals surface area contributed by atoms with E-state index < -0.39 is 16.9 Å². The summed E-state index contributed by atoms with van der Waals surface area (Å²) >= 11 is 1.47. The maximum Gasteiger partial charge on any atom is 0.415 e. The summed E-state index contributed by atoms with van der Waals surface area (Å²) < 4.78 is 10.0. The Hall–Kier alpha value is -1.69. The fraction of sp³-hybridized carbons (Fsp3) is 0.467. The molecular formula is C15H19NO4S. The molecule has 0 spiro atoms. The second kappa shape index (κ2) is 5.97. The van der Waals surface area contributed by atoms with E-state index in [-0.39, 0.29) is 12.6 Å². The molecule has 1 unspecified atom stereocenters. The first-order valence-corrected chi connectivity index (χ1v) is 7.61. The standard InChI is InChI=1S/C15H19NO4S/c1-5-20-14(18)16-10-8-6-7-9-11(10)21-12(16)15(2,3)13(17)19-4/h6-9,12H,5H2,1-4H3. The molecule has 2 rings (SSSR count). The fourth-order valence-corrected chi connectivity index (χ4v) is 3.66. The zero-order valence-electron chi connectivity index (χ0n) is 12.6. The number of anilines is 1. The first-order chi connectivity index (χ1) is 9.93. The largest absolute Gasteiger partial charge is 0.469 e. The number of nitrogens with zero attached hydrogens (tertiary/aromatic N) is 1. The Morgan fingerprint density at radius 1 is 1.33 bits per heavy atom. The molecule has 5 nitrogen and oxygen atoms in total. The van der Waals surface area contributed by atoms with E-state index in [4.69, 9.17) is 9.47 Å². The van der Waals surface area contributed by atoms with Crippen LogP contribution < -0.4 is 4.90 Å². The predicted octanol–water partition coefficient (Wildman–Crippen LogP) is 3.28. The van der Waals surface area contributed by atoms with Crippen LogP contribution in [0.2, 0.25) is 0 Å². The van der Waals surface area contributed by atoms with Gasteiger partial charge >= 0.3 is 12.1 Å². The lowest BCUT2D eigenvalue weighted by atomic mass is 9.92. The minimum absolute atomic E-state index is 0.285. The van der Waals surface area contributed by atoms with Crippen LogP contribution in [0.25, 0.3) is 0 Å². The van der Waals surface area contributed by atoms with Gasteiger partial charge in [-0.2, -0.15) is 0 Å². The van der Waals surface area contributed by atoms with Gasteiger partial charge in [0.1, 0.15) is 5.37 Å². The number of methoxy groups -OCH3 is 1. The Morgan fingerprint density at radius 3 is 2.62 bits per heavy atom. The Morgan fingerprint density at radius 2 is 2.00 bits per heavy atom. The first-order valence-electron chi connectivity index (χ1n) is 6.73. The van der Waals surface area contributed by atoms with Crippen molar-refractivity contribution in [1.29, 1.82) is 0 Å². The van der Waals surface area contributed by atoms with E-state index >= 15 is 0 Å². The van der Waals surface area contributed by atoms with Crippen molar-refractivity contribution >= 4 is 29.5 Å². The Kier molecular flexibility index (Phi) is 4.46. The number of hydrogen-bond donors (Lipinski definition) is 0. The predicted molar refractivity (Wildman–Crippen MR) is 81.4 cm³/mol. The average molecular weight is 309 g/mol. The van der Waals surface area contributed by atoms with Gasteiger partial charge in [-0.25, -0.2) is 4.79 Å². The van der Waals surface area contributed by atoms with Gasteiger partial charge in [0.15, 0.2) is 0 Å². The average Bonchev–Trinajstić information content (AvgIpc) is 2.86. The minimum Gasteiger partial charge on any atom is -0.469 e. The zero-order chi connectivity index (χ0) is 15.6. The van der Waals surface area contributed by atoms with E-state index in [1.54, 1.807) is 25.7 Å². The Bertz CT molecular complexity index is 558. The van der Waals surface area contributed by atoms with Crippen molar-refractivity contribution in [2.45, 2.75) is 31.0 Å². The van der Waals surface area contributed by atoms with Crippen LogP contribution in [0, 0.1) is 5.41 Å². The van der Waals surface area contributed by atoms with Gasteiger partial charge in [-0.1, -0.05) is 23.9 Å². The molecule has 1 atom stereocenters. The van der Waals surface area contributed by atoms with Crippen LogP contribution in [0.3, 0.4) is 0 Å². The summed E-state index contributed by atoms with van der Waals surface area (Å²) in [6.45, 7) is 5.59. The number of para-hydroxylation sites is 1. The van der Waals surface area contributed by atoms with Crippen LogP contribution in [-0.2, 0) is 14.3 Å². The number of thioether (sulfide) groups is 1. The molecule has 0 aromatic heterocycles. The summed E-state index contributed by atoms with van der Waals surface area (Å²) in [6, 6.07) is 7.55. The van der Waals surface area contributed by atoms with E-state index in [0.717, 1.165) is 10.6 Å². The molecule has 0 aliphatic carbocycles. The van der Waals surface area contributed by atoms with Crippen LogP contribution in [0.5, 0.6) is 0 Å². The number of amides is 1. The zero-order valence-corrected chi connectivity index (χ0v) is 13.4. The van der Waals surface area contributed by atoms with Crippen molar-refractivity contribution in [2.24, 2.45) is 5.41 Å². The van der Waals surface area contributed by atoms with E-state index in [1.165, 1.54) is 18.9 Å². The molecular weight excluding hydrogens is 290 g/mol. The number of benzene rings is 1. The summed E-state index contributed by atoms with van der Waals surface area (Å²) in [5.74, 6) is -0.359. The molecule has 1 amide bonds. The third kappa shape index (κ3) is 2.72. The van der Waals surface area contributed by atoms with Gasteiger partial charge in [0.2, 0.25) is 0 Å². The normalized spacial score (nSPS) is 17.3. The molecule has 0 fully saturated rings. The minimum atomic E-state index is -0.856. The topological polar surface area (TPSA) is 55.8 Å². The third-order valence-corrected chi connectivity index (χ3v) is 5.01. The summed E-state index contributed by atoms with van der Waals surface area (Å²) in [5.41, 5.74) is -0.0894. The number of hydrogen-bond acceptors (Lipinski definition) is 5. The van der Waals surface area contributed by atoms with Crippen molar-refractivity contribution < 1.29 is 19.1 Å². The SMILES string of the molecule is CCOC(=O)N1c2ccccc2SC1C(C)(C)C(=O)OC. The van der Waals surface area contributed by atoms with E-state index in [2.05, 4.69) is 0 Å². The van der Waals surface area contributed by atoms with Gasteiger partial charge in [-0.15, -0.1) is 0 Å². The van der Waals surface area contributed by atoms with Gasteiger partial charge in [0, 0.05) is 4.90 Å². The first kappa shape index (κ1) is 15.7. The molecule has 1 aromatic carbocycles. The summed E-state index contributed by atoms with van der Waals surface area (Å²) in [6.07, 6.45) is -0.447. The van der Waals surface area contributed by atoms with Crippen molar-refractivity contribution in [2.75, 3.05) is 18.6 Å². The van der Waals surface area contributed by atoms with E-state index in [0.29, 0.717) is 0 Å². The van der Waals surface area contributed by atoms with Crippen LogP contribution in [0.15, 0.2) is 29.2 Å². The van der Waals surface area contributed by atoms with Crippen molar-refractivity contribution in [3.8, 4) is 0 Å². The van der Waals surface area contributed by atoms with Gasteiger partial charge < -0.3 is 9.47 Å². The van der Waals surface area contributed by atoms with Crippen molar-refractivity contribution in [1.82, 2.24) is 0 Å². The monoisotopic (exact) mass is 309 g/mol. The lowest BCUT2D eigenvalue weighted by Gasteiger charge is -2.34. The second-order valence-electron chi connectivity index (χ2n) is 5.22. The van der Waals surface area contributed by atoms with Crippen molar-refractivity contribution in [3.05, 3.63) is 24.3 Å². The third-order valence-electron chi connectivity index (χ3n) is 3.39. The number of esters is 1. The number of fused-ring (bicyclic) bond motifs is 1. The molecule has 114 valence electrons. The molecule has 1 aliphatic rings. The molecule has 0 N–H and O–H groups in total. The lowest BCUT2D eigenvalue weighted by molar-refractivity contribution is -0.150. The molecule has 0 radical (unpaired) electrons. The number of rotatable bonds is 3. The van der Waals surface area contributed by atoms with Gasteiger partial charge in [0.25, 0.3) is 0 Å². The molecule has 6 heteroatoms. The summed E-state index contributed by atoms with van der Waals surface area (Å²) in [4.78, 5) is 26.9. The highest BCUT2D eigenvalue weighted by Crippen LogP contribution is 2.50. The number of carbonyl (C=O) groups excluding carboxylic acids is 2. The number of carbonyl (C=O) groups is 2. The fourth-order valence-electron chi connectivity index (χ4n) is 2.28. The highest BCUT2D eigenvalue weighted by molar-refractivity contribution is 8.00. The van der Waals surface area contributed by atoms with Crippen molar-refractivity contribution in [3.63, 3.8) is 0 Å². The van der Waals surface area contributed by atoms with Gasteiger partial charge in [-0.3, -0.25) is 9.69 Å². The van der Waals surface area contributed by atoms with Crippen LogP contribution >= 0.6 is 11.8 Å². The Labute approximate surface area is 128 Å². The molecule has 1 aromatic rings. The van der Waals surface area contributed by atoms with E-state index in [9.17, 15) is 9.59 Å². The van der Waals surface area contributed by atoms with E-state index in [1.807, 2.05) is 24.3 Å². The smallest absolute Gasteiger partial charge is 0.415 e. The van der Waals surface area contributed by atoms with Crippen LogP contribution in [0.4, 0.5) is 10.5 Å². The maximum absolute atomic E-state index is 12.3. The maximum atomic E-state index is 12.3. The Balaban J connectivity index is 2.42. The molecule has 0 bridgehead atoms. The second-order valence-corrected chi connectivity index (χ2v) is 6.34.